The van der Waals surface area contributed by atoms with Gasteiger partial charge < -0.3 is 14.6 Å². The highest BCUT2D eigenvalue weighted by molar-refractivity contribution is 5.66. The van der Waals surface area contributed by atoms with Crippen LogP contribution in [0.15, 0.2) is 0 Å². The molecule has 1 aliphatic carbocycles. The van der Waals surface area contributed by atoms with Gasteiger partial charge in [0.2, 0.25) is 0 Å². The summed E-state index contributed by atoms with van der Waals surface area (Å²) in [6.07, 6.45) is 0.394. The average molecular weight is 214 g/mol. The lowest BCUT2D eigenvalue weighted by molar-refractivity contribution is -0.293. The zero-order chi connectivity index (χ0) is 11.4. The zero-order valence-corrected chi connectivity index (χ0v) is 9.61. The number of fused-ring (bicyclic) bond motifs is 1. The number of carbonyl (C=O) groups is 1. The van der Waals surface area contributed by atoms with Crippen LogP contribution in [0.5, 0.6) is 0 Å². The van der Waals surface area contributed by atoms with Gasteiger partial charge in [-0.2, -0.15) is 0 Å². The number of hydrogen-bond donors (Lipinski definition) is 1. The zero-order valence-electron chi connectivity index (χ0n) is 9.61. The van der Waals surface area contributed by atoms with E-state index in [9.17, 15) is 9.90 Å². The first-order valence-corrected chi connectivity index (χ1v) is 5.36. The first-order chi connectivity index (χ1) is 6.78. The third-order valence-electron chi connectivity index (χ3n) is 3.76. The number of aliphatic hydroxyl groups is 1. The quantitative estimate of drug-likeness (QED) is 0.658. The normalized spacial score (nSPS) is 53.3. The molecule has 1 N–H and O–H groups in total. The number of carbonyl (C=O) groups excluding carboxylic acids is 1. The fourth-order valence-electron chi connectivity index (χ4n) is 3.26. The fourth-order valence-corrected chi connectivity index (χ4v) is 3.26. The van der Waals surface area contributed by atoms with Crippen molar-refractivity contribution in [3.05, 3.63) is 0 Å². The molecule has 2 fully saturated rings. The van der Waals surface area contributed by atoms with Crippen molar-refractivity contribution in [2.45, 2.75) is 57.5 Å². The molecule has 1 saturated carbocycles. The Balaban J connectivity index is 2.21. The Morgan fingerprint density at radius 2 is 2.13 bits per heavy atom. The molecular weight excluding hydrogens is 196 g/mol. The fraction of sp³-hybridized carbons (Fsp3) is 0.909. The van der Waals surface area contributed by atoms with Gasteiger partial charge in [-0.25, -0.2) is 0 Å². The lowest BCUT2D eigenvalue weighted by atomic mass is 9.57. The number of esters is 1. The van der Waals surface area contributed by atoms with Crippen molar-refractivity contribution in [2.24, 2.45) is 5.92 Å². The van der Waals surface area contributed by atoms with Gasteiger partial charge in [-0.15, -0.1) is 0 Å². The molecule has 2 rings (SSSR count). The topological polar surface area (TPSA) is 55.8 Å². The number of rotatable bonds is 1. The van der Waals surface area contributed by atoms with E-state index in [4.69, 9.17) is 9.47 Å². The molecule has 0 amide bonds. The molecule has 0 radical (unpaired) electrons. The van der Waals surface area contributed by atoms with Crippen LogP contribution in [0.2, 0.25) is 0 Å². The van der Waals surface area contributed by atoms with E-state index in [0.29, 0.717) is 0 Å². The van der Waals surface area contributed by atoms with Gasteiger partial charge in [-0.1, -0.05) is 0 Å². The Hall–Kier alpha value is -0.610. The van der Waals surface area contributed by atoms with Gasteiger partial charge in [-0.3, -0.25) is 4.79 Å². The molecule has 0 spiro atoms. The second-order valence-electron chi connectivity index (χ2n) is 5.12. The summed E-state index contributed by atoms with van der Waals surface area (Å²) in [4.78, 5) is 11.0. The maximum Gasteiger partial charge on any atom is 0.303 e. The van der Waals surface area contributed by atoms with Gasteiger partial charge in [0.1, 0.15) is 11.2 Å². The Kier molecular flexibility index (Phi) is 2.14. The van der Waals surface area contributed by atoms with E-state index in [2.05, 4.69) is 0 Å². The lowest BCUT2D eigenvalue weighted by Gasteiger charge is -2.58. The third kappa shape index (κ3) is 1.31. The molecule has 0 bridgehead atoms. The molecule has 15 heavy (non-hydrogen) atoms. The molecule has 0 aromatic rings. The van der Waals surface area contributed by atoms with Crippen LogP contribution in [0.1, 0.15) is 34.1 Å². The van der Waals surface area contributed by atoms with Crippen molar-refractivity contribution in [2.75, 3.05) is 0 Å². The molecule has 0 aromatic heterocycles. The molecule has 2 aliphatic rings. The number of ether oxygens (including phenoxy) is 2. The maximum absolute atomic E-state index is 11.0. The lowest BCUT2D eigenvalue weighted by Crippen LogP contribution is -2.74. The average Bonchev–Trinajstić information content (AvgIpc) is 2.37. The van der Waals surface area contributed by atoms with Crippen LogP contribution in [0.25, 0.3) is 0 Å². The molecule has 4 nitrogen and oxygen atoms in total. The van der Waals surface area contributed by atoms with Crippen molar-refractivity contribution in [1.82, 2.24) is 0 Å². The van der Waals surface area contributed by atoms with E-state index in [1.165, 1.54) is 6.92 Å². The van der Waals surface area contributed by atoms with Crippen LogP contribution in [-0.2, 0) is 14.3 Å². The largest absolute Gasteiger partial charge is 0.456 e. The van der Waals surface area contributed by atoms with Gasteiger partial charge in [0.05, 0.1) is 6.10 Å². The predicted molar refractivity (Wildman–Crippen MR) is 53.2 cm³/mol. The molecule has 1 aliphatic heterocycles. The Morgan fingerprint density at radius 3 is 2.67 bits per heavy atom. The van der Waals surface area contributed by atoms with E-state index in [1.54, 1.807) is 6.92 Å². The molecule has 4 heteroatoms. The van der Waals surface area contributed by atoms with E-state index < -0.39 is 17.3 Å². The molecule has 5 atom stereocenters. The second kappa shape index (κ2) is 2.95. The van der Waals surface area contributed by atoms with Crippen molar-refractivity contribution in [3.63, 3.8) is 0 Å². The van der Waals surface area contributed by atoms with E-state index >= 15 is 0 Å². The molecule has 1 saturated heterocycles. The first-order valence-electron chi connectivity index (χ1n) is 5.36. The van der Waals surface area contributed by atoms with Crippen LogP contribution in [0.3, 0.4) is 0 Å². The third-order valence-corrected chi connectivity index (χ3v) is 3.76. The molecule has 86 valence electrons. The highest BCUT2D eigenvalue weighted by Crippen LogP contribution is 2.57. The van der Waals surface area contributed by atoms with Crippen molar-refractivity contribution >= 4 is 5.97 Å². The van der Waals surface area contributed by atoms with Crippen LogP contribution in [0, 0.1) is 5.92 Å². The van der Waals surface area contributed by atoms with Gasteiger partial charge in [0, 0.05) is 12.8 Å². The molecule has 0 aromatic carbocycles. The van der Waals surface area contributed by atoms with Gasteiger partial charge in [0.15, 0.2) is 6.10 Å². The van der Waals surface area contributed by atoms with Gasteiger partial charge in [0.25, 0.3) is 0 Å². The van der Waals surface area contributed by atoms with Crippen LogP contribution in [-0.4, -0.2) is 34.5 Å². The van der Waals surface area contributed by atoms with Crippen molar-refractivity contribution in [3.8, 4) is 0 Å². The monoisotopic (exact) mass is 214 g/mol. The standard InChI is InChI=1S/C11H18O4/c1-6-5-8-10(3,13)9(14-7(2)12)11(8,4)15-6/h6,8-9,13H,5H2,1-4H3. The summed E-state index contributed by atoms with van der Waals surface area (Å²) in [7, 11) is 0. The summed E-state index contributed by atoms with van der Waals surface area (Å²) >= 11 is 0. The van der Waals surface area contributed by atoms with E-state index in [0.717, 1.165) is 6.42 Å². The summed E-state index contributed by atoms with van der Waals surface area (Å²) < 4.78 is 10.9. The predicted octanol–water partition coefficient (Wildman–Crippen LogP) is 0.866. The van der Waals surface area contributed by atoms with Crippen molar-refractivity contribution < 1.29 is 19.4 Å². The summed E-state index contributed by atoms with van der Waals surface area (Å²) in [5.41, 5.74) is -1.46. The van der Waals surface area contributed by atoms with E-state index in [1.807, 2.05) is 13.8 Å². The van der Waals surface area contributed by atoms with Crippen LogP contribution >= 0.6 is 0 Å². The van der Waals surface area contributed by atoms with Crippen LogP contribution < -0.4 is 0 Å². The first kappa shape index (κ1) is 10.9. The molecule has 5 unspecified atom stereocenters. The Morgan fingerprint density at radius 1 is 1.53 bits per heavy atom. The molecule has 1 heterocycles. The minimum atomic E-state index is -0.953. The summed E-state index contributed by atoms with van der Waals surface area (Å²) in [6.45, 7) is 6.96. The summed E-state index contributed by atoms with van der Waals surface area (Å²) in [6, 6.07) is 0. The van der Waals surface area contributed by atoms with E-state index in [-0.39, 0.29) is 18.0 Å². The summed E-state index contributed by atoms with van der Waals surface area (Å²) in [5.74, 6) is -0.313. The maximum atomic E-state index is 11.0. The SMILES string of the molecule is CC(=O)OC1C(C)(O)C2CC(C)OC21C. The summed E-state index contributed by atoms with van der Waals surface area (Å²) in [5, 5.41) is 10.2. The molecular formula is C11H18O4. The Bertz CT molecular complexity index is 299. The number of hydrogen-bond acceptors (Lipinski definition) is 4. The minimum absolute atomic E-state index is 0.0596. The minimum Gasteiger partial charge on any atom is -0.456 e. The highest BCUT2D eigenvalue weighted by atomic mass is 16.6. The van der Waals surface area contributed by atoms with Gasteiger partial charge in [-0.05, 0) is 27.2 Å². The van der Waals surface area contributed by atoms with Gasteiger partial charge >= 0.3 is 5.97 Å². The van der Waals surface area contributed by atoms with Crippen LogP contribution in [0.4, 0.5) is 0 Å². The Labute approximate surface area is 89.6 Å². The van der Waals surface area contributed by atoms with Crippen molar-refractivity contribution in [1.29, 1.82) is 0 Å². The smallest absolute Gasteiger partial charge is 0.303 e. The highest BCUT2D eigenvalue weighted by Gasteiger charge is 2.72. The second-order valence-corrected chi connectivity index (χ2v) is 5.12.